The fourth-order valence-electron chi connectivity index (χ4n) is 2.76. The van der Waals surface area contributed by atoms with Gasteiger partial charge in [0.1, 0.15) is 5.82 Å². The summed E-state index contributed by atoms with van der Waals surface area (Å²) in [5.41, 5.74) is 5.64. The molecule has 0 atom stereocenters. The van der Waals surface area contributed by atoms with Crippen molar-refractivity contribution in [3.63, 3.8) is 0 Å². The molecule has 0 aliphatic carbocycles. The Morgan fingerprint density at radius 2 is 2.05 bits per heavy atom. The van der Waals surface area contributed by atoms with E-state index in [0.29, 0.717) is 12.1 Å². The summed E-state index contributed by atoms with van der Waals surface area (Å²) < 4.78 is 40.8. The van der Waals surface area contributed by atoms with Crippen molar-refractivity contribution in [2.45, 2.75) is 50.6 Å². The fraction of sp³-hybridized carbons (Fsp3) is 0.571. The first kappa shape index (κ1) is 15.4. The van der Waals surface area contributed by atoms with Gasteiger partial charge in [-0.3, -0.25) is 0 Å². The SMILES string of the molecule is Cc1cc(S(=O)(=O)N2CCCC2(C)C)cc(CN)c1F. The topological polar surface area (TPSA) is 63.4 Å². The largest absolute Gasteiger partial charge is 0.326 e. The summed E-state index contributed by atoms with van der Waals surface area (Å²) in [5, 5.41) is 0. The molecule has 6 heteroatoms. The van der Waals surface area contributed by atoms with Gasteiger partial charge in [0.15, 0.2) is 0 Å². The third kappa shape index (κ3) is 2.47. The minimum atomic E-state index is -3.61. The molecule has 1 saturated heterocycles. The molecular weight excluding hydrogens is 279 g/mol. The summed E-state index contributed by atoms with van der Waals surface area (Å²) in [4.78, 5) is 0.131. The number of rotatable bonds is 3. The molecule has 4 nitrogen and oxygen atoms in total. The van der Waals surface area contributed by atoms with Crippen LogP contribution in [0.15, 0.2) is 17.0 Å². The van der Waals surface area contributed by atoms with Gasteiger partial charge in [0.2, 0.25) is 10.0 Å². The Morgan fingerprint density at radius 1 is 1.40 bits per heavy atom. The van der Waals surface area contributed by atoms with Crippen molar-refractivity contribution in [2.75, 3.05) is 6.54 Å². The highest BCUT2D eigenvalue weighted by molar-refractivity contribution is 7.89. The molecular formula is C14H21FN2O2S. The van der Waals surface area contributed by atoms with Crippen LogP contribution >= 0.6 is 0 Å². The van der Waals surface area contributed by atoms with E-state index in [-0.39, 0.29) is 17.0 Å². The average molecular weight is 300 g/mol. The first-order valence-corrected chi connectivity index (χ1v) is 8.16. The molecule has 0 spiro atoms. The van der Waals surface area contributed by atoms with Crippen molar-refractivity contribution in [1.29, 1.82) is 0 Å². The number of nitrogens with zero attached hydrogens (tertiary/aromatic N) is 1. The van der Waals surface area contributed by atoms with E-state index >= 15 is 0 Å². The van der Waals surface area contributed by atoms with Crippen molar-refractivity contribution in [2.24, 2.45) is 5.73 Å². The van der Waals surface area contributed by atoms with Crippen LogP contribution in [0.2, 0.25) is 0 Å². The van der Waals surface area contributed by atoms with Gasteiger partial charge in [0.05, 0.1) is 4.90 Å². The zero-order valence-electron chi connectivity index (χ0n) is 12.1. The molecule has 1 heterocycles. The first-order valence-electron chi connectivity index (χ1n) is 6.72. The molecule has 1 fully saturated rings. The van der Waals surface area contributed by atoms with E-state index < -0.39 is 21.4 Å². The van der Waals surface area contributed by atoms with E-state index in [4.69, 9.17) is 5.73 Å². The van der Waals surface area contributed by atoms with Crippen molar-refractivity contribution in [3.05, 3.63) is 29.1 Å². The Hall–Kier alpha value is -0.980. The van der Waals surface area contributed by atoms with E-state index in [1.54, 1.807) is 6.92 Å². The Balaban J connectivity index is 2.53. The van der Waals surface area contributed by atoms with Crippen LogP contribution in [-0.2, 0) is 16.6 Å². The van der Waals surface area contributed by atoms with Crippen LogP contribution in [0.5, 0.6) is 0 Å². The summed E-state index contributed by atoms with van der Waals surface area (Å²) in [6, 6.07) is 2.74. The number of benzene rings is 1. The van der Waals surface area contributed by atoms with Crippen LogP contribution in [-0.4, -0.2) is 24.8 Å². The molecule has 0 saturated carbocycles. The van der Waals surface area contributed by atoms with Crippen LogP contribution < -0.4 is 5.73 Å². The molecule has 1 aliphatic heterocycles. The van der Waals surface area contributed by atoms with E-state index in [2.05, 4.69) is 0 Å². The minimum absolute atomic E-state index is 0.0145. The third-order valence-electron chi connectivity index (χ3n) is 3.94. The lowest BCUT2D eigenvalue weighted by Crippen LogP contribution is -2.42. The van der Waals surface area contributed by atoms with Gasteiger partial charge in [-0.25, -0.2) is 12.8 Å². The molecule has 20 heavy (non-hydrogen) atoms. The Labute approximate surface area is 119 Å². The number of hydrogen-bond acceptors (Lipinski definition) is 3. The number of halogens is 1. The predicted molar refractivity (Wildman–Crippen MR) is 76.2 cm³/mol. The normalized spacial score (nSPS) is 19.4. The Kier molecular flexibility index (Phi) is 3.92. The fourth-order valence-corrected chi connectivity index (χ4v) is 4.74. The highest BCUT2D eigenvalue weighted by Crippen LogP contribution is 2.34. The van der Waals surface area contributed by atoms with Crippen LogP contribution in [0.3, 0.4) is 0 Å². The van der Waals surface area contributed by atoms with Gasteiger partial charge in [-0.15, -0.1) is 0 Å². The maximum atomic E-state index is 13.8. The average Bonchev–Trinajstić information content (AvgIpc) is 2.72. The summed E-state index contributed by atoms with van der Waals surface area (Å²) in [7, 11) is -3.61. The number of hydrogen-bond donors (Lipinski definition) is 1. The van der Waals surface area contributed by atoms with Gasteiger partial charge in [-0.05, 0) is 51.3 Å². The third-order valence-corrected chi connectivity index (χ3v) is 6.02. The molecule has 0 amide bonds. The standard InChI is InChI=1S/C14H21FN2O2S/c1-10-7-12(8-11(9-16)13(10)15)20(18,19)17-6-4-5-14(17,2)3/h7-8H,4-6,9,16H2,1-3H3. The van der Waals surface area contributed by atoms with E-state index in [0.717, 1.165) is 12.8 Å². The summed E-state index contributed by atoms with van der Waals surface area (Å²) in [5.74, 6) is -0.424. The molecule has 0 aromatic heterocycles. The zero-order valence-corrected chi connectivity index (χ0v) is 12.9. The minimum Gasteiger partial charge on any atom is -0.326 e. The lowest BCUT2D eigenvalue weighted by molar-refractivity contribution is 0.291. The molecule has 2 N–H and O–H groups in total. The van der Waals surface area contributed by atoms with Crippen molar-refractivity contribution in [1.82, 2.24) is 4.31 Å². The Morgan fingerprint density at radius 3 is 2.55 bits per heavy atom. The number of sulfonamides is 1. The van der Waals surface area contributed by atoms with Gasteiger partial charge in [0, 0.05) is 24.2 Å². The second-order valence-corrected chi connectivity index (χ2v) is 7.77. The maximum Gasteiger partial charge on any atom is 0.243 e. The van der Waals surface area contributed by atoms with E-state index in [1.807, 2.05) is 13.8 Å². The quantitative estimate of drug-likeness (QED) is 0.930. The van der Waals surface area contributed by atoms with Crippen LogP contribution in [0.1, 0.15) is 37.8 Å². The molecule has 2 rings (SSSR count). The van der Waals surface area contributed by atoms with Crippen LogP contribution in [0.25, 0.3) is 0 Å². The lowest BCUT2D eigenvalue weighted by atomic mass is 10.0. The molecule has 1 aromatic rings. The van der Waals surface area contributed by atoms with Gasteiger partial charge >= 0.3 is 0 Å². The zero-order chi connectivity index (χ0) is 15.1. The van der Waals surface area contributed by atoms with Crippen molar-refractivity contribution < 1.29 is 12.8 Å². The second-order valence-electron chi connectivity index (χ2n) is 5.91. The molecule has 0 radical (unpaired) electrons. The molecule has 1 aromatic carbocycles. The molecule has 0 bridgehead atoms. The van der Waals surface area contributed by atoms with Crippen molar-refractivity contribution in [3.8, 4) is 0 Å². The molecule has 0 unspecified atom stereocenters. The van der Waals surface area contributed by atoms with Gasteiger partial charge in [-0.2, -0.15) is 4.31 Å². The van der Waals surface area contributed by atoms with Crippen LogP contribution in [0.4, 0.5) is 4.39 Å². The van der Waals surface area contributed by atoms with Gasteiger partial charge in [0.25, 0.3) is 0 Å². The summed E-state index contributed by atoms with van der Waals surface area (Å²) >= 11 is 0. The number of aryl methyl sites for hydroxylation is 1. The smallest absolute Gasteiger partial charge is 0.243 e. The highest BCUT2D eigenvalue weighted by atomic mass is 32.2. The number of nitrogens with two attached hydrogens (primary N) is 1. The summed E-state index contributed by atoms with van der Waals surface area (Å²) in [6.07, 6.45) is 1.67. The second kappa shape index (κ2) is 5.09. The lowest BCUT2D eigenvalue weighted by Gasteiger charge is -2.30. The first-order chi connectivity index (χ1) is 9.20. The summed E-state index contributed by atoms with van der Waals surface area (Å²) in [6.45, 7) is 5.88. The van der Waals surface area contributed by atoms with E-state index in [1.165, 1.54) is 16.4 Å². The monoisotopic (exact) mass is 300 g/mol. The Bertz CT molecular complexity index is 626. The van der Waals surface area contributed by atoms with Gasteiger partial charge < -0.3 is 5.73 Å². The highest BCUT2D eigenvalue weighted by Gasteiger charge is 2.41. The van der Waals surface area contributed by atoms with Gasteiger partial charge in [-0.1, -0.05) is 0 Å². The van der Waals surface area contributed by atoms with Crippen molar-refractivity contribution >= 4 is 10.0 Å². The van der Waals surface area contributed by atoms with Crippen LogP contribution in [0, 0.1) is 12.7 Å². The maximum absolute atomic E-state index is 13.8. The molecule has 1 aliphatic rings. The predicted octanol–water partition coefficient (Wildman–Crippen LogP) is 2.16. The van der Waals surface area contributed by atoms with E-state index in [9.17, 15) is 12.8 Å². The molecule has 112 valence electrons.